The van der Waals surface area contributed by atoms with E-state index >= 15 is 0 Å². The molecule has 1 fully saturated rings. The lowest BCUT2D eigenvalue weighted by Crippen LogP contribution is -2.39. The predicted molar refractivity (Wildman–Crippen MR) is 107 cm³/mol. The predicted octanol–water partition coefficient (Wildman–Crippen LogP) is 3.98. The molecule has 5 heteroatoms. The molecule has 0 amide bonds. The second-order valence-electron chi connectivity index (χ2n) is 6.96. The average Bonchev–Trinajstić information content (AvgIpc) is 2.68. The standard InChI is InChI=1S/C21H25N5/c1-3-16-13-21(23-14-22-16)26-10-8-17(9-11-26)25-20-12-15(2)24-19-7-5-4-6-18(19)20/h4-7,12-14,17H,3,8-11H2,1-2H3,(H,24,25). The van der Waals surface area contributed by atoms with Crippen molar-refractivity contribution in [3.8, 4) is 0 Å². The third kappa shape index (κ3) is 3.47. The molecule has 1 aliphatic heterocycles. The van der Waals surface area contributed by atoms with E-state index in [1.54, 1.807) is 6.33 Å². The number of para-hydroxylation sites is 1. The fraction of sp³-hybridized carbons (Fsp3) is 0.381. The summed E-state index contributed by atoms with van der Waals surface area (Å²) < 4.78 is 0. The van der Waals surface area contributed by atoms with Gasteiger partial charge in [-0.3, -0.25) is 4.98 Å². The summed E-state index contributed by atoms with van der Waals surface area (Å²) in [5.41, 5.74) is 4.41. The van der Waals surface area contributed by atoms with E-state index in [0.29, 0.717) is 6.04 Å². The fourth-order valence-electron chi connectivity index (χ4n) is 3.65. The smallest absolute Gasteiger partial charge is 0.132 e. The van der Waals surface area contributed by atoms with Gasteiger partial charge in [0.1, 0.15) is 12.1 Å². The van der Waals surface area contributed by atoms with E-state index in [4.69, 9.17) is 0 Å². The number of aromatic nitrogens is 3. The second kappa shape index (κ2) is 7.28. The van der Waals surface area contributed by atoms with Crippen LogP contribution >= 0.6 is 0 Å². The second-order valence-corrected chi connectivity index (χ2v) is 6.96. The highest BCUT2D eigenvalue weighted by molar-refractivity contribution is 5.91. The largest absolute Gasteiger partial charge is 0.382 e. The number of piperidine rings is 1. The number of hydrogen-bond donors (Lipinski definition) is 1. The van der Waals surface area contributed by atoms with E-state index in [9.17, 15) is 0 Å². The van der Waals surface area contributed by atoms with E-state index < -0.39 is 0 Å². The third-order valence-corrected chi connectivity index (χ3v) is 5.09. The molecule has 0 spiro atoms. The van der Waals surface area contributed by atoms with E-state index in [-0.39, 0.29) is 0 Å². The van der Waals surface area contributed by atoms with Gasteiger partial charge in [0.25, 0.3) is 0 Å². The maximum Gasteiger partial charge on any atom is 0.132 e. The molecule has 1 saturated heterocycles. The highest BCUT2D eigenvalue weighted by Gasteiger charge is 2.21. The molecule has 3 aromatic rings. The van der Waals surface area contributed by atoms with Crippen LogP contribution in [0.25, 0.3) is 10.9 Å². The van der Waals surface area contributed by atoms with Crippen LogP contribution in [0, 0.1) is 6.92 Å². The monoisotopic (exact) mass is 347 g/mol. The summed E-state index contributed by atoms with van der Waals surface area (Å²) in [6.07, 6.45) is 4.83. The van der Waals surface area contributed by atoms with E-state index in [2.05, 4.69) is 69.3 Å². The quantitative estimate of drug-likeness (QED) is 0.774. The Morgan fingerprint density at radius 3 is 2.73 bits per heavy atom. The molecule has 3 heterocycles. The van der Waals surface area contributed by atoms with Crippen LogP contribution in [0.15, 0.2) is 42.7 Å². The van der Waals surface area contributed by atoms with Crippen molar-refractivity contribution in [2.45, 2.75) is 39.2 Å². The number of anilines is 2. The molecule has 0 atom stereocenters. The summed E-state index contributed by atoms with van der Waals surface area (Å²) in [5, 5.41) is 4.96. The van der Waals surface area contributed by atoms with Gasteiger partial charge in [0, 0.05) is 47.7 Å². The Balaban J connectivity index is 1.46. The summed E-state index contributed by atoms with van der Waals surface area (Å²) in [5.74, 6) is 1.06. The first-order chi connectivity index (χ1) is 12.7. The zero-order chi connectivity index (χ0) is 17.9. The molecule has 0 aliphatic carbocycles. The van der Waals surface area contributed by atoms with E-state index in [0.717, 1.165) is 55.1 Å². The molecule has 0 unspecified atom stereocenters. The normalized spacial score (nSPS) is 15.4. The molecule has 0 radical (unpaired) electrons. The van der Waals surface area contributed by atoms with Gasteiger partial charge < -0.3 is 10.2 Å². The molecule has 2 aromatic heterocycles. The van der Waals surface area contributed by atoms with Gasteiger partial charge >= 0.3 is 0 Å². The first-order valence-electron chi connectivity index (χ1n) is 9.41. The minimum Gasteiger partial charge on any atom is -0.382 e. The lowest BCUT2D eigenvalue weighted by atomic mass is 10.0. The summed E-state index contributed by atoms with van der Waals surface area (Å²) >= 11 is 0. The minimum absolute atomic E-state index is 0.476. The van der Waals surface area contributed by atoms with Crippen molar-refractivity contribution in [1.29, 1.82) is 0 Å². The molecule has 0 saturated carbocycles. The molecule has 26 heavy (non-hydrogen) atoms. The Bertz CT molecular complexity index is 900. The van der Waals surface area contributed by atoms with Crippen molar-refractivity contribution >= 4 is 22.4 Å². The molecule has 4 rings (SSSR count). The third-order valence-electron chi connectivity index (χ3n) is 5.09. The van der Waals surface area contributed by atoms with Gasteiger partial charge in [-0.15, -0.1) is 0 Å². The zero-order valence-electron chi connectivity index (χ0n) is 15.4. The molecule has 1 N–H and O–H groups in total. The van der Waals surface area contributed by atoms with Gasteiger partial charge in [-0.25, -0.2) is 9.97 Å². The Morgan fingerprint density at radius 1 is 1.12 bits per heavy atom. The van der Waals surface area contributed by atoms with E-state index in [1.807, 2.05) is 6.07 Å². The Kier molecular flexibility index (Phi) is 4.69. The molecule has 0 bridgehead atoms. The number of fused-ring (bicyclic) bond motifs is 1. The molecule has 1 aliphatic rings. The maximum atomic E-state index is 4.64. The highest BCUT2D eigenvalue weighted by atomic mass is 15.2. The lowest BCUT2D eigenvalue weighted by Gasteiger charge is -2.34. The zero-order valence-corrected chi connectivity index (χ0v) is 15.4. The first kappa shape index (κ1) is 16.8. The van der Waals surface area contributed by atoms with E-state index in [1.165, 1.54) is 11.1 Å². The molecule has 5 nitrogen and oxygen atoms in total. The Morgan fingerprint density at radius 2 is 1.92 bits per heavy atom. The van der Waals surface area contributed by atoms with Gasteiger partial charge in [0.2, 0.25) is 0 Å². The Labute approximate surface area is 154 Å². The van der Waals surface area contributed by atoms with Gasteiger partial charge in [-0.1, -0.05) is 25.1 Å². The number of nitrogens with one attached hydrogen (secondary N) is 1. The van der Waals surface area contributed by atoms with Crippen LogP contribution in [0.5, 0.6) is 0 Å². The average molecular weight is 347 g/mol. The number of pyridine rings is 1. The fourth-order valence-corrected chi connectivity index (χ4v) is 3.65. The molecule has 134 valence electrons. The van der Waals surface area contributed by atoms with Crippen LogP contribution in [0.4, 0.5) is 11.5 Å². The topological polar surface area (TPSA) is 53.9 Å². The van der Waals surface area contributed by atoms with Gasteiger partial charge in [-0.05, 0) is 38.3 Å². The van der Waals surface area contributed by atoms with Crippen molar-refractivity contribution in [2.75, 3.05) is 23.3 Å². The minimum atomic E-state index is 0.476. The number of rotatable bonds is 4. The molecular formula is C21H25N5. The number of hydrogen-bond acceptors (Lipinski definition) is 5. The van der Waals surface area contributed by atoms with Crippen LogP contribution in [0.2, 0.25) is 0 Å². The van der Waals surface area contributed by atoms with Gasteiger partial charge in [0.05, 0.1) is 5.52 Å². The first-order valence-corrected chi connectivity index (χ1v) is 9.41. The van der Waals surface area contributed by atoms with Crippen molar-refractivity contribution in [3.63, 3.8) is 0 Å². The van der Waals surface area contributed by atoms with Crippen LogP contribution < -0.4 is 10.2 Å². The summed E-state index contributed by atoms with van der Waals surface area (Å²) in [4.78, 5) is 15.8. The number of nitrogens with zero attached hydrogens (tertiary/aromatic N) is 4. The van der Waals surface area contributed by atoms with Crippen LogP contribution in [0.3, 0.4) is 0 Å². The van der Waals surface area contributed by atoms with Gasteiger partial charge in [-0.2, -0.15) is 0 Å². The van der Waals surface area contributed by atoms with Crippen LogP contribution in [0.1, 0.15) is 31.2 Å². The van der Waals surface area contributed by atoms with Gasteiger partial charge in [0.15, 0.2) is 0 Å². The van der Waals surface area contributed by atoms with Crippen molar-refractivity contribution in [3.05, 3.63) is 54.1 Å². The number of benzene rings is 1. The summed E-state index contributed by atoms with van der Waals surface area (Å²) in [6, 6.07) is 13.1. The van der Waals surface area contributed by atoms with Crippen molar-refractivity contribution < 1.29 is 0 Å². The van der Waals surface area contributed by atoms with Crippen LogP contribution in [-0.4, -0.2) is 34.1 Å². The van der Waals surface area contributed by atoms with Crippen molar-refractivity contribution in [2.24, 2.45) is 0 Å². The summed E-state index contributed by atoms with van der Waals surface area (Å²) in [6.45, 7) is 6.21. The SMILES string of the molecule is CCc1cc(N2CCC(Nc3cc(C)nc4ccccc34)CC2)ncn1. The van der Waals surface area contributed by atoms with Crippen LogP contribution in [-0.2, 0) is 6.42 Å². The highest BCUT2D eigenvalue weighted by Crippen LogP contribution is 2.26. The number of aryl methyl sites for hydroxylation is 2. The molecular weight excluding hydrogens is 322 g/mol. The molecule has 1 aromatic carbocycles. The summed E-state index contributed by atoms with van der Waals surface area (Å²) in [7, 11) is 0. The van der Waals surface area contributed by atoms with Crippen molar-refractivity contribution in [1.82, 2.24) is 15.0 Å². The lowest BCUT2D eigenvalue weighted by molar-refractivity contribution is 0.523. The maximum absolute atomic E-state index is 4.64. The Hall–Kier alpha value is -2.69.